The van der Waals surface area contributed by atoms with Gasteiger partial charge in [0.15, 0.2) is 17.5 Å². The molecule has 6 nitrogen and oxygen atoms in total. The lowest BCUT2D eigenvalue weighted by Gasteiger charge is -2.23. The maximum absolute atomic E-state index is 13.6. The summed E-state index contributed by atoms with van der Waals surface area (Å²) in [5.41, 5.74) is 3.31. The highest BCUT2D eigenvalue weighted by atomic mass is 19.2. The molecule has 178 valence electrons. The van der Waals surface area contributed by atoms with Crippen LogP contribution >= 0.6 is 0 Å². The van der Waals surface area contributed by atoms with Gasteiger partial charge in [0.1, 0.15) is 5.82 Å². The molecule has 1 amide bonds. The summed E-state index contributed by atoms with van der Waals surface area (Å²) in [6.45, 7) is 1.12. The third-order valence-electron chi connectivity index (χ3n) is 5.58. The molecule has 2 heterocycles. The maximum Gasteiger partial charge on any atom is 0.259 e. The zero-order chi connectivity index (χ0) is 24.1. The van der Waals surface area contributed by atoms with Gasteiger partial charge in [-0.05, 0) is 65.9 Å². The summed E-state index contributed by atoms with van der Waals surface area (Å²) < 4.78 is 46.0. The van der Waals surface area contributed by atoms with Gasteiger partial charge in [0.25, 0.3) is 5.91 Å². The van der Waals surface area contributed by atoms with Crippen LogP contribution in [0.4, 0.5) is 24.7 Å². The summed E-state index contributed by atoms with van der Waals surface area (Å²) >= 11 is 0. The van der Waals surface area contributed by atoms with Crippen molar-refractivity contribution in [3.8, 4) is 0 Å². The summed E-state index contributed by atoms with van der Waals surface area (Å²) in [4.78, 5) is 19.4. The number of aliphatic hydroxyl groups is 1. The van der Waals surface area contributed by atoms with Crippen molar-refractivity contribution in [3.63, 3.8) is 0 Å². The lowest BCUT2D eigenvalue weighted by atomic mass is 10.0. The van der Waals surface area contributed by atoms with Crippen LogP contribution in [0.5, 0.6) is 0 Å². The highest BCUT2D eigenvalue weighted by molar-refractivity contribution is 6.07. The van der Waals surface area contributed by atoms with Gasteiger partial charge < -0.3 is 15.2 Å². The smallest absolute Gasteiger partial charge is 0.259 e. The van der Waals surface area contributed by atoms with Gasteiger partial charge in [0, 0.05) is 24.0 Å². The van der Waals surface area contributed by atoms with Crippen LogP contribution in [0.1, 0.15) is 27.0 Å². The number of pyridine rings is 1. The van der Waals surface area contributed by atoms with E-state index in [0.717, 1.165) is 36.3 Å². The molecule has 0 radical (unpaired) electrons. The second-order valence-corrected chi connectivity index (χ2v) is 7.87. The van der Waals surface area contributed by atoms with E-state index in [0.29, 0.717) is 16.9 Å². The average molecular weight is 471 g/mol. The number of ether oxygens (including phenoxy) is 1. The van der Waals surface area contributed by atoms with Crippen molar-refractivity contribution in [1.82, 2.24) is 4.98 Å². The van der Waals surface area contributed by atoms with Crippen molar-refractivity contribution >= 4 is 17.4 Å². The van der Waals surface area contributed by atoms with Gasteiger partial charge in [-0.2, -0.15) is 0 Å². The molecule has 4 rings (SSSR count). The molecular formula is C25H24F3N3O3. The molecule has 0 saturated heterocycles. The number of aromatic nitrogens is 1. The number of amides is 1. The van der Waals surface area contributed by atoms with Crippen LogP contribution in [0, 0.1) is 17.5 Å². The van der Waals surface area contributed by atoms with Gasteiger partial charge >= 0.3 is 0 Å². The summed E-state index contributed by atoms with van der Waals surface area (Å²) in [5, 5.41) is 12.2. The molecule has 1 aliphatic rings. The van der Waals surface area contributed by atoms with Crippen molar-refractivity contribution in [2.75, 3.05) is 43.1 Å². The van der Waals surface area contributed by atoms with Gasteiger partial charge in [0.05, 0.1) is 26.4 Å². The standard InChI is InChI=1S/C25H24F3N3O3/c26-20-13-17(14-21(27)24(20)28)12-16-4-6-30-23(15-16)31(8-10-34-11-9-32)25(33)19-2-1-3-22-18(19)5-7-29-22/h1-4,6,13-15,29,32H,5,7-12H2. The number of rotatable bonds is 9. The molecule has 9 heteroatoms. The fourth-order valence-electron chi connectivity index (χ4n) is 4.00. The van der Waals surface area contributed by atoms with Crippen molar-refractivity contribution in [2.24, 2.45) is 0 Å². The zero-order valence-corrected chi connectivity index (χ0v) is 18.4. The minimum atomic E-state index is -1.51. The highest BCUT2D eigenvalue weighted by Gasteiger charge is 2.25. The van der Waals surface area contributed by atoms with E-state index in [1.54, 1.807) is 18.2 Å². The second-order valence-electron chi connectivity index (χ2n) is 7.87. The van der Waals surface area contributed by atoms with Crippen LogP contribution in [-0.4, -0.2) is 48.9 Å². The minimum absolute atomic E-state index is 0.122. The molecule has 1 aromatic heterocycles. The number of halogens is 3. The molecule has 0 aliphatic carbocycles. The highest BCUT2D eigenvalue weighted by Crippen LogP contribution is 2.28. The van der Waals surface area contributed by atoms with Crippen molar-refractivity contribution < 1.29 is 27.8 Å². The maximum atomic E-state index is 13.6. The SMILES string of the molecule is O=C(c1cccc2c1CCN2)N(CCOCCO)c1cc(Cc2cc(F)c(F)c(F)c2)ccn1. The average Bonchev–Trinajstić information content (AvgIpc) is 3.31. The number of nitrogens with one attached hydrogen (secondary N) is 1. The lowest BCUT2D eigenvalue weighted by molar-refractivity contribution is 0.0885. The monoisotopic (exact) mass is 471 g/mol. The van der Waals surface area contributed by atoms with Gasteiger partial charge in [0.2, 0.25) is 0 Å². The van der Waals surface area contributed by atoms with Crippen LogP contribution < -0.4 is 10.2 Å². The fraction of sp³-hybridized carbons (Fsp3) is 0.280. The zero-order valence-electron chi connectivity index (χ0n) is 18.4. The lowest BCUT2D eigenvalue weighted by Crippen LogP contribution is -2.35. The number of fused-ring (bicyclic) bond motifs is 1. The van der Waals surface area contributed by atoms with E-state index in [2.05, 4.69) is 10.3 Å². The first-order chi connectivity index (χ1) is 16.5. The van der Waals surface area contributed by atoms with E-state index in [9.17, 15) is 18.0 Å². The quantitative estimate of drug-likeness (QED) is 0.368. The van der Waals surface area contributed by atoms with E-state index < -0.39 is 17.5 Å². The van der Waals surface area contributed by atoms with Crippen molar-refractivity contribution in [3.05, 3.63) is 88.4 Å². The number of carbonyl (C=O) groups excluding carboxylic acids is 1. The Balaban J connectivity index is 1.63. The molecule has 2 aromatic carbocycles. The summed E-state index contributed by atoms with van der Waals surface area (Å²) in [6, 6.07) is 10.7. The third-order valence-corrected chi connectivity index (χ3v) is 5.58. The molecule has 34 heavy (non-hydrogen) atoms. The number of hydrogen-bond acceptors (Lipinski definition) is 5. The molecule has 0 saturated carbocycles. The van der Waals surface area contributed by atoms with Crippen LogP contribution in [0.3, 0.4) is 0 Å². The Morgan fingerprint density at radius 3 is 2.65 bits per heavy atom. The Hall–Kier alpha value is -3.43. The first-order valence-corrected chi connectivity index (χ1v) is 10.9. The fourth-order valence-corrected chi connectivity index (χ4v) is 4.00. The van der Waals surface area contributed by atoms with E-state index in [-0.39, 0.29) is 44.3 Å². The molecular weight excluding hydrogens is 447 g/mol. The molecule has 1 aliphatic heterocycles. The molecule has 0 atom stereocenters. The number of benzene rings is 2. The first-order valence-electron chi connectivity index (χ1n) is 10.9. The summed E-state index contributed by atoms with van der Waals surface area (Å²) in [5.74, 6) is -3.93. The van der Waals surface area contributed by atoms with E-state index in [1.807, 2.05) is 12.1 Å². The Labute approximate surface area is 195 Å². The topological polar surface area (TPSA) is 74.7 Å². The van der Waals surface area contributed by atoms with Crippen LogP contribution in [0.2, 0.25) is 0 Å². The van der Waals surface area contributed by atoms with Gasteiger partial charge in [-0.15, -0.1) is 0 Å². The van der Waals surface area contributed by atoms with Crippen LogP contribution in [0.25, 0.3) is 0 Å². The van der Waals surface area contributed by atoms with E-state index >= 15 is 0 Å². The van der Waals surface area contributed by atoms with E-state index in [4.69, 9.17) is 9.84 Å². The van der Waals surface area contributed by atoms with Gasteiger partial charge in [-0.3, -0.25) is 9.69 Å². The molecule has 0 fully saturated rings. The van der Waals surface area contributed by atoms with Crippen molar-refractivity contribution in [2.45, 2.75) is 12.8 Å². The first kappa shape index (κ1) is 23.7. The Kier molecular flexibility index (Phi) is 7.44. The Morgan fingerprint density at radius 1 is 1.09 bits per heavy atom. The predicted molar refractivity (Wildman–Crippen MR) is 122 cm³/mol. The number of aliphatic hydroxyl groups excluding tert-OH is 1. The Morgan fingerprint density at radius 2 is 1.88 bits per heavy atom. The van der Waals surface area contributed by atoms with Gasteiger partial charge in [-0.25, -0.2) is 18.2 Å². The number of anilines is 2. The van der Waals surface area contributed by atoms with Crippen LogP contribution in [-0.2, 0) is 17.6 Å². The molecule has 3 aromatic rings. The molecule has 0 bridgehead atoms. The molecule has 2 N–H and O–H groups in total. The van der Waals surface area contributed by atoms with Crippen LogP contribution in [0.15, 0.2) is 48.7 Å². The second kappa shape index (κ2) is 10.7. The molecule has 0 spiro atoms. The van der Waals surface area contributed by atoms with E-state index in [1.165, 1.54) is 11.1 Å². The normalized spacial score (nSPS) is 12.4. The Bertz CT molecular complexity index is 1170. The number of hydrogen-bond donors (Lipinski definition) is 2. The summed E-state index contributed by atoms with van der Waals surface area (Å²) in [6.07, 6.45) is 2.35. The number of nitrogens with zero attached hydrogens (tertiary/aromatic N) is 2. The molecule has 0 unspecified atom stereocenters. The minimum Gasteiger partial charge on any atom is -0.394 e. The van der Waals surface area contributed by atoms with Gasteiger partial charge in [-0.1, -0.05) is 6.07 Å². The van der Waals surface area contributed by atoms with Crippen molar-refractivity contribution in [1.29, 1.82) is 0 Å². The summed E-state index contributed by atoms with van der Waals surface area (Å²) in [7, 11) is 0. The third kappa shape index (κ3) is 5.21. The largest absolute Gasteiger partial charge is 0.394 e. The predicted octanol–water partition coefficient (Wildman–Crippen LogP) is 3.71. The number of carbonyl (C=O) groups is 1.